The molecule has 28 heavy (non-hydrogen) atoms. The number of aryl methyl sites for hydroxylation is 3. The molecule has 0 bridgehead atoms. The van der Waals surface area contributed by atoms with Crippen LogP contribution in [-0.2, 0) is 24.2 Å². The highest BCUT2D eigenvalue weighted by molar-refractivity contribution is 7.85. The summed E-state index contributed by atoms with van der Waals surface area (Å²) in [5.74, 6) is 0.533. The molecule has 0 fully saturated rings. The van der Waals surface area contributed by atoms with Crippen LogP contribution in [0.25, 0.3) is 0 Å². The summed E-state index contributed by atoms with van der Waals surface area (Å²) in [6.45, 7) is 1.82. The lowest BCUT2D eigenvalue weighted by Gasteiger charge is -2.10. The van der Waals surface area contributed by atoms with Crippen LogP contribution < -0.4 is 9.58 Å². The van der Waals surface area contributed by atoms with Crippen LogP contribution in [0.1, 0.15) is 15.9 Å². The van der Waals surface area contributed by atoms with Gasteiger partial charge in [0, 0.05) is 0 Å². The Labute approximate surface area is 163 Å². The highest BCUT2D eigenvalue weighted by Crippen LogP contribution is 2.09. The monoisotopic (exact) mass is 403 g/mol. The van der Waals surface area contributed by atoms with Gasteiger partial charge < -0.3 is 4.55 Å². The largest absolute Gasteiger partial charge is 0.744 e. The van der Waals surface area contributed by atoms with Gasteiger partial charge in [0.05, 0.1) is 36.8 Å². The predicted molar refractivity (Wildman–Crippen MR) is 100 cm³/mol. The van der Waals surface area contributed by atoms with Gasteiger partial charge in [-0.05, 0) is 31.2 Å². The molecule has 9 nitrogen and oxygen atoms in total. The Morgan fingerprint density at radius 2 is 1.68 bits per heavy atom. The van der Waals surface area contributed by atoms with Gasteiger partial charge in [0.25, 0.3) is 0 Å². The number of benzene rings is 2. The van der Waals surface area contributed by atoms with Crippen LogP contribution in [0.2, 0.25) is 0 Å². The summed E-state index contributed by atoms with van der Waals surface area (Å²) in [4.78, 5) is 13.5. The lowest BCUT2D eigenvalue weighted by Crippen LogP contribution is -2.41. The normalized spacial score (nSPS) is 10.8. The quantitative estimate of drug-likeness (QED) is 0.473. The molecule has 0 saturated heterocycles. The van der Waals surface area contributed by atoms with E-state index in [1.807, 2.05) is 25.1 Å². The van der Waals surface area contributed by atoms with Crippen LogP contribution in [0.5, 0.6) is 0 Å². The van der Waals surface area contributed by atoms with Gasteiger partial charge in [0.1, 0.15) is 15.3 Å². The van der Waals surface area contributed by atoms with Crippen molar-refractivity contribution in [2.45, 2.75) is 11.8 Å². The number of carbonyl (C=O) groups is 1. The maximum Gasteiger partial charge on any atom is 0.374 e. The molecule has 1 heterocycles. The third-order valence-electron chi connectivity index (χ3n) is 3.82. The van der Waals surface area contributed by atoms with Crippen molar-refractivity contribution >= 4 is 22.0 Å². The summed E-state index contributed by atoms with van der Waals surface area (Å²) in [6.07, 6.45) is 0. The Morgan fingerprint density at radius 3 is 2.14 bits per heavy atom. The van der Waals surface area contributed by atoms with Crippen LogP contribution >= 0.6 is 0 Å². The first-order valence-electron chi connectivity index (χ1n) is 8.23. The summed E-state index contributed by atoms with van der Waals surface area (Å²) >= 11 is 0. The van der Waals surface area contributed by atoms with E-state index in [1.165, 1.54) is 17.0 Å². The third kappa shape index (κ3) is 5.21. The first-order valence-corrected chi connectivity index (χ1v) is 9.63. The third-order valence-corrected chi connectivity index (χ3v) is 4.67. The molecule has 1 aromatic heterocycles. The number of anilines is 1. The molecule has 0 atom stereocenters. The van der Waals surface area contributed by atoms with Crippen molar-refractivity contribution in [2.24, 2.45) is 14.1 Å². The zero-order valence-electron chi connectivity index (χ0n) is 16.0. The number of hydrogen-bond donors (Lipinski definition) is 0. The number of tetrazole rings is 1. The van der Waals surface area contributed by atoms with Gasteiger partial charge in [0.2, 0.25) is 0 Å². The molecule has 2 aromatic carbocycles. The van der Waals surface area contributed by atoms with Gasteiger partial charge in [-0.3, -0.25) is 4.79 Å². The molecule has 3 aromatic rings. The van der Waals surface area contributed by atoms with Crippen molar-refractivity contribution in [3.8, 4) is 0 Å². The second-order valence-corrected chi connectivity index (χ2v) is 7.40. The number of carbonyl (C=O) groups excluding carboxylic acids is 1. The fourth-order valence-corrected chi connectivity index (χ4v) is 2.88. The van der Waals surface area contributed by atoms with Crippen LogP contribution in [0.15, 0.2) is 59.5 Å². The van der Waals surface area contributed by atoms with E-state index in [2.05, 4.69) is 10.4 Å². The van der Waals surface area contributed by atoms with Crippen LogP contribution in [0, 0.1) is 6.92 Å². The standard InChI is InChI=1S/C11H14N5O.C7H8O3S/c1-14(11-15(2)12-13-16(11)3)10(17)9-7-5-4-6-8-9;1-6-2-4-7(5-3-6)11(8,9)10/h4-8H,1-3H3;2-5H,1H3,(H,8,9,10)/q+1;/p-1. The second kappa shape index (κ2) is 8.72. The Morgan fingerprint density at radius 1 is 1.11 bits per heavy atom. The summed E-state index contributed by atoms with van der Waals surface area (Å²) < 4.78 is 34.3. The minimum atomic E-state index is -4.27. The van der Waals surface area contributed by atoms with E-state index in [-0.39, 0.29) is 10.8 Å². The lowest BCUT2D eigenvalue weighted by molar-refractivity contribution is -0.719. The molecule has 148 valence electrons. The highest BCUT2D eigenvalue weighted by atomic mass is 32.2. The molecule has 3 rings (SSSR count). The number of rotatable bonds is 3. The number of aromatic nitrogens is 4. The Balaban J connectivity index is 0.000000221. The van der Waals surface area contributed by atoms with E-state index >= 15 is 0 Å². The van der Waals surface area contributed by atoms with Crippen molar-refractivity contribution < 1.29 is 22.4 Å². The maximum absolute atomic E-state index is 12.2. The van der Waals surface area contributed by atoms with Crippen molar-refractivity contribution in [1.29, 1.82) is 0 Å². The molecule has 0 aliphatic carbocycles. The van der Waals surface area contributed by atoms with Gasteiger partial charge in [0.15, 0.2) is 0 Å². The lowest BCUT2D eigenvalue weighted by atomic mass is 10.2. The molecule has 0 aliphatic rings. The summed E-state index contributed by atoms with van der Waals surface area (Å²) in [7, 11) is 0.927. The number of hydrogen-bond acceptors (Lipinski definition) is 6. The smallest absolute Gasteiger partial charge is 0.374 e. The molecule has 0 N–H and O–H groups in total. The number of nitrogens with zero attached hydrogens (tertiary/aromatic N) is 5. The van der Waals surface area contributed by atoms with Crippen molar-refractivity contribution in [2.75, 3.05) is 11.9 Å². The van der Waals surface area contributed by atoms with E-state index in [0.29, 0.717) is 11.5 Å². The SMILES string of the molecule is CN(C(=O)c1ccccc1)c1n(C)nn[n+]1C.Cc1ccc(S(=O)(=O)[O-])cc1. The second-order valence-electron chi connectivity index (χ2n) is 6.02. The van der Waals surface area contributed by atoms with Crippen LogP contribution in [-0.4, -0.2) is 41.0 Å². The molecular formula is C18H21N5O4S. The van der Waals surface area contributed by atoms with E-state index in [9.17, 15) is 17.8 Å². The topological polar surface area (TPSA) is 112 Å². The Bertz CT molecular complexity index is 1030. The van der Waals surface area contributed by atoms with Crippen molar-refractivity contribution in [3.05, 3.63) is 65.7 Å². The summed E-state index contributed by atoms with van der Waals surface area (Å²) in [5, 5.41) is 7.70. The average molecular weight is 403 g/mol. The molecule has 0 spiro atoms. The predicted octanol–water partition coefficient (Wildman–Crippen LogP) is 0.815. The Hall–Kier alpha value is -3.11. The molecule has 0 saturated carbocycles. The van der Waals surface area contributed by atoms with Gasteiger partial charge in [-0.15, -0.1) is 4.68 Å². The van der Waals surface area contributed by atoms with Gasteiger partial charge in [-0.2, -0.15) is 0 Å². The van der Waals surface area contributed by atoms with Gasteiger partial charge in [-0.25, -0.2) is 13.3 Å². The van der Waals surface area contributed by atoms with Crippen molar-refractivity contribution in [3.63, 3.8) is 0 Å². The van der Waals surface area contributed by atoms with Crippen molar-refractivity contribution in [1.82, 2.24) is 15.1 Å². The zero-order chi connectivity index (χ0) is 20.9. The molecular weight excluding hydrogens is 382 g/mol. The molecule has 0 radical (unpaired) electrons. The molecule has 0 unspecified atom stereocenters. The van der Waals surface area contributed by atoms with Crippen LogP contribution in [0.3, 0.4) is 0 Å². The van der Waals surface area contributed by atoms with Crippen LogP contribution in [0.4, 0.5) is 5.95 Å². The van der Waals surface area contributed by atoms with E-state index in [0.717, 1.165) is 5.56 Å². The molecule has 0 aliphatic heterocycles. The van der Waals surface area contributed by atoms with E-state index < -0.39 is 10.1 Å². The zero-order valence-corrected chi connectivity index (χ0v) is 16.8. The first-order chi connectivity index (χ1) is 13.1. The molecule has 1 amide bonds. The molecule has 10 heteroatoms. The van der Waals surface area contributed by atoms with Gasteiger partial charge in [-0.1, -0.05) is 40.6 Å². The first kappa shape index (κ1) is 21.2. The average Bonchev–Trinajstić information content (AvgIpc) is 3.00. The minimum absolute atomic E-state index is 0.0911. The summed E-state index contributed by atoms with van der Waals surface area (Å²) in [6, 6.07) is 14.9. The van der Waals surface area contributed by atoms with E-state index in [1.54, 1.807) is 54.8 Å². The summed E-state index contributed by atoms with van der Waals surface area (Å²) in [5.41, 5.74) is 1.56. The van der Waals surface area contributed by atoms with Gasteiger partial charge >= 0.3 is 11.9 Å². The Kier molecular flexibility index (Phi) is 6.60. The fraction of sp³-hybridized carbons (Fsp3) is 0.222. The minimum Gasteiger partial charge on any atom is -0.744 e. The van der Waals surface area contributed by atoms with E-state index in [4.69, 9.17) is 0 Å². The number of amides is 1. The maximum atomic E-state index is 12.2. The highest BCUT2D eigenvalue weighted by Gasteiger charge is 2.26. The fourth-order valence-electron chi connectivity index (χ4n) is 2.41.